The molecule has 6 heteroatoms. The van der Waals surface area contributed by atoms with E-state index >= 15 is 0 Å². The molecule has 2 rings (SSSR count). The Morgan fingerprint density at radius 2 is 1.71 bits per heavy atom. The second-order valence-corrected chi connectivity index (χ2v) is 4.23. The van der Waals surface area contributed by atoms with Crippen molar-refractivity contribution in [1.82, 2.24) is 0 Å². The van der Waals surface area contributed by atoms with Crippen molar-refractivity contribution >= 4 is 23.2 Å². The van der Waals surface area contributed by atoms with Gasteiger partial charge >= 0.3 is 0 Å². The fraction of sp³-hybridized carbons (Fsp3) is 0.0667. The van der Waals surface area contributed by atoms with Gasteiger partial charge in [-0.2, -0.15) is 0 Å². The fourth-order valence-corrected chi connectivity index (χ4v) is 1.78. The van der Waals surface area contributed by atoms with Crippen LogP contribution in [0.4, 0.5) is 15.8 Å². The Morgan fingerprint density at radius 1 is 1.00 bits per heavy atom. The number of para-hydroxylation sites is 1. The van der Waals surface area contributed by atoms with Crippen LogP contribution in [0.15, 0.2) is 48.5 Å². The molecule has 0 unspecified atom stereocenters. The number of rotatable bonds is 4. The van der Waals surface area contributed by atoms with Crippen LogP contribution in [0.1, 0.15) is 10.4 Å². The summed E-state index contributed by atoms with van der Waals surface area (Å²) in [4.78, 5) is 23.5. The quantitative estimate of drug-likeness (QED) is 0.804. The molecule has 0 aromatic heterocycles. The number of halogens is 1. The van der Waals surface area contributed by atoms with Crippen molar-refractivity contribution in [1.29, 1.82) is 0 Å². The van der Waals surface area contributed by atoms with E-state index in [1.807, 2.05) is 0 Å². The van der Waals surface area contributed by atoms with Crippen LogP contribution in [-0.2, 0) is 4.79 Å². The Kier molecular flexibility index (Phi) is 4.63. The fourth-order valence-electron chi connectivity index (χ4n) is 1.78. The monoisotopic (exact) mass is 287 g/mol. The van der Waals surface area contributed by atoms with Crippen LogP contribution in [0.25, 0.3) is 0 Å². The number of carbonyl (C=O) groups excluding carboxylic acids is 2. The van der Waals surface area contributed by atoms with Crippen LogP contribution in [0.2, 0.25) is 0 Å². The predicted octanol–water partition coefficient (Wildman–Crippen LogP) is 1.98. The molecule has 0 bridgehead atoms. The number of anilines is 2. The predicted molar refractivity (Wildman–Crippen MR) is 78.5 cm³/mol. The van der Waals surface area contributed by atoms with Crippen molar-refractivity contribution in [3.8, 4) is 0 Å². The largest absolute Gasteiger partial charge is 0.324 e. The van der Waals surface area contributed by atoms with E-state index in [1.165, 1.54) is 12.1 Å². The van der Waals surface area contributed by atoms with E-state index < -0.39 is 17.6 Å². The zero-order chi connectivity index (χ0) is 15.2. The van der Waals surface area contributed by atoms with Crippen LogP contribution < -0.4 is 16.4 Å². The van der Waals surface area contributed by atoms with Gasteiger partial charge in [-0.1, -0.05) is 24.3 Å². The number of amides is 2. The first kappa shape index (κ1) is 14.7. The summed E-state index contributed by atoms with van der Waals surface area (Å²) < 4.78 is 13.9. The Hall–Kier alpha value is -2.73. The summed E-state index contributed by atoms with van der Waals surface area (Å²) in [5, 5.41) is 4.97. The highest BCUT2D eigenvalue weighted by Crippen LogP contribution is 2.20. The van der Waals surface area contributed by atoms with Gasteiger partial charge in [-0.15, -0.1) is 0 Å². The van der Waals surface area contributed by atoms with Crippen molar-refractivity contribution in [3.63, 3.8) is 0 Å². The Morgan fingerprint density at radius 3 is 2.38 bits per heavy atom. The normalized spacial score (nSPS) is 10.0. The van der Waals surface area contributed by atoms with Crippen LogP contribution in [0.3, 0.4) is 0 Å². The van der Waals surface area contributed by atoms with Crippen LogP contribution in [0.5, 0.6) is 0 Å². The van der Waals surface area contributed by atoms with Gasteiger partial charge in [-0.05, 0) is 24.3 Å². The third-order valence-electron chi connectivity index (χ3n) is 2.73. The average Bonchev–Trinajstić information content (AvgIpc) is 2.48. The molecule has 0 radical (unpaired) electrons. The minimum absolute atomic E-state index is 0.0823. The lowest BCUT2D eigenvalue weighted by Crippen LogP contribution is -2.24. The van der Waals surface area contributed by atoms with Gasteiger partial charge in [0.05, 0.1) is 17.8 Å². The molecule has 0 fully saturated rings. The number of nitrogens with one attached hydrogen (secondary N) is 2. The second-order valence-electron chi connectivity index (χ2n) is 4.23. The van der Waals surface area contributed by atoms with E-state index in [-0.39, 0.29) is 17.8 Å². The Balaban J connectivity index is 2.29. The van der Waals surface area contributed by atoms with Gasteiger partial charge in [0.15, 0.2) is 0 Å². The van der Waals surface area contributed by atoms with E-state index in [9.17, 15) is 14.0 Å². The average molecular weight is 287 g/mol. The molecular weight excluding hydrogens is 273 g/mol. The summed E-state index contributed by atoms with van der Waals surface area (Å²) >= 11 is 0. The van der Waals surface area contributed by atoms with Crippen LogP contribution in [-0.4, -0.2) is 18.4 Å². The number of hydrogen-bond donors (Lipinski definition) is 3. The molecule has 0 aliphatic heterocycles. The first-order chi connectivity index (χ1) is 10.1. The molecule has 21 heavy (non-hydrogen) atoms. The molecule has 0 saturated carbocycles. The minimum Gasteiger partial charge on any atom is -0.324 e. The first-order valence-electron chi connectivity index (χ1n) is 6.26. The van der Waals surface area contributed by atoms with Crippen molar-refractivity contribution in [2.45, 2.75) is 0 Å². The van der Waals surface area contributed by atoms with Gasteiger partial charge in [0.2, 0.25) is 5.91 Å². The van der Waals surface area contributed by atoms with Gasteiger partial charge in [0, 0.05) is 5.69 Å². The molecule has 0 aliphatic rings. The number of hydrogen-bond acceptors (Lipinski definition) is 3. The molecule has 0 heterocycles. The zero-order valence-electron chi connectivity index (χ0n) is 11.1. The van der Waals surface area contributed by atoms with Crippen molar-refractivity contribution < 1.29 is 14.0 Å². The smallest absolute Gasteiger partial charge is 0.260 e. The van der Waals surface area contributed by atoms with Crippen molar-refractivity contribution in [3.05, 3.63) is 59.9 Å². The summed E-state index contributed by atoms with van der Waals surface area (Å²) in [5.74, 6) is -1.88. The van der Waals surface area contributed by atoms with E-state index in [0.29, 0.717) is 5.69 Å². The van der Waals surface area contributed by atoms with Gasteiger partial charge < -0.3 is 16.4 Å². The van der Waals surface area contributed by atoms with E-state index in [0.717, 1.165) is 6.07 Å². The lowest BCUT2D eigenvalue weighted by Gasteiger charge is -2.11. The third kappa shape index (κ3) is 3.64. The second kappa shape index (κ2) is 6.62. The van der Waals surface area contributed by atoms with Crippen molar-refractivity contribution in [2.75, 3.05) is 17.2 Å². The van der Waals surface area contributed by atoms with Crippen molar-refractivity contribution in [2.24, 2.45) is 5.73 Å². The topological polar surface area (TPSA) is 84.2 Å². The lowest BCUT2D eigenvalue weighted by molar-refractivity contribution is -0.114. The zero-order valence-corrected chi connectivity index (χ0v) is 11.1. The maximum absolute atomic E-state index is 13.9. The summed E-state index contributed by atoms with van der Waals surface area (Å²) in [6, 6.07) is 12.6. The Bertz CT molecular complexity index is 659. The van der Waals surface area contributed by atoms with Gasteiger partial charge in [0.25, 0.3) is 5.91 Å². The summed E-state index contributed by atoms with van der Waals surface area (Å²) in [6.45, 7) is -0.254. The molecule has 0 aliphatic carbocycles. The lowest BCUT2D eigenvalue weighted by atomic mass is 10.1. The third-order valence-corrected chi connectivity index (χ3v) is 2.73. The highest BCUT2D eigenvalue weighted by Gasteiger charge is 2.18. The molecule has 0 saturated heterocycles. The first-order valence-corrected chi connectivity index (χ1v) is 6.26. The molecule has 4 N–H and O–H groups in total. The molecule has 0 spiro atoms. The van der Waals surface area contributed by atoms with E-state index in [4.69, 9.17) is 5.73 Å². The minimum atomic E-state index is -0.724. The van der Waals surface area contributed by atoms with Gasteiger partial charge in [-0.3, -0.25) is 9.59 Å². The number of carbonyl (C=O) groups is 2. The molecule has 108 valence electrons. The maximum Gasteiger partial charge on any atom is 0.260 e. The van der Waals surface area contributed by atoms with Crippen LogP contribution in [0, 0.1) is 5.82 Å². The summed E-state index contributed by atoms with van der Waals surface area (Å²) in [5.41, 5.74) is 5.58. The standard InChI is InChI=1S/C15H14FN3O2/c16-11-7-4-8-12(19-13(20)9-17)14(11)15(21)18-10-5-2-1-3-6-10/h1-8H,9,17H2,(H,18,21)(H,19,20). The molecule has 2 aromatic rings. The van der Waals surface area contributed by atoms with E-state index in [2.05, 4.69) is 10.6 Å². The van der Waals surface area contributed by atoms with Gasteiger partial charge in [0.1, 0.15) is 5.82 Å². The summed E-state index contributed by atoms with van der Waals surface area (Å²) in [6.07, 6.45) is 0. The molecular formula is C15H14FN3O2. The molecule has 5 nitrogen and oxygen atoms in total. The summed E-state index contributed by atoms with van der Waals surface area (Å²) in [7, 11) is 0. The molecule has 0 atom stereocenters. The molecule has 2 aromatic carbocycles. The highest BCUT2D eigenvalue weighted by atomic mass is 19.1. The van der Waals surface area contributed by atoms with Crippen LogP contribution >= 0.6 is 0 Å². The Labute approximate surface area is 121 Å². The number of benzene rings is 2. The molecule has 2 amide bonds. The van der Waals surface area contributed by atoms with E-state index in [1.54, 1.807) is 30.3 Å². The highest BCUT2D eigenvalue weighted by molar-refractivity contribution is 6.10. The SMILES string of the molecule is NCC(=O)Nc1cccc(F)c1C(=O)Nc1ccccc1. The van der Waals surface area contributed by atoms with Gasteiger partial charge in [-0.25, -0.2) is 4.39 Å². The maximum atomic E-state index is 13.9. The number of nitrogens with two attached hydrogens (primary N) is 1.